The Morgan fingerprint density at radius 1 is 1.00 bits per heavy atom. The van der Waals surface area contributed by atoms with Crippen molar-refractivity contribution < 1.29 is 29.0 Å². The van der Waals surface area contributed by atoms with E-state index in [4.69, 9.17) is 27.9 Å². The molecule has 6 unspecified atom stereocenters. The van der Waals surface area contributed by atoms with E-state index in [1.165, 1.54) is 25.1 Å². The number of hydrogen-bond acceptors (Lipinski definition) is 6. The predicted molar refractivity (Wildman–Crippen MR) is 142 cm³/mol. The quantitative estimate of drug-likeness (QED) is 0.343. The molecule has 10 heteroatoms. The average molecular weight is 569 g/mol. The number of aromatic hydroxyl groups is 1. The number of fused-ring (bicyclic) bond motifs is 4. The third-order valence-corrected chi connectivity index (χ3v) is 10.3. The van der Waals surface area contributed by atoms with E-state index in [2.05, 4.69) is 0 Å². The van der Waals surface area contributed by atoms with Crippen LogP contribution in [0.2, 0.25) is 0 Å². The number of hydrogen-bond donors (Lipinski definition) is 1. The molecule has 2 aromatic carbocycles. The molecule has 0 spiro atoms. The summed E-state index contributed by atoms with van der Waals surface area (Å²) in [6, 6.07) is 13.9. The molecule has 0 aromatic heterocycles. The number of phenolic OH excluding ortho intramolecular Hbond substituents is 1. The standard InChI is InChI=1S/C29H26Cl2N2O6/c1-32-26(37)28(30)13-20-17(23(29(28,31)27(32)38)18-9-8-16(39-2)12-21(18)34)10-11-19-22(20)25(36)33(24(19)35)14-15-6-4-3-5-7-15/h3-10,12,19-20,22-23,34H,11,13-14H2,1-2H3. The van der Waals surface area contributed by atoms with Gasteiger partial charge in [0, 0.05) is 24.6 Å². The van der Waals surface area contributed by atoms with Gasteiger partial charge < -0.3 is 9.84 Å². The van der Waals surface area contributed by atoms with Crippen molar-refractivity contribution in [2.24, 2.45) is 17.8 Å². The van der Waals surface area contributed by atoms with Gasteiger partial charge in [-0.05, 0) is 30.4 Å². The highest BCUT2D eigenvalue weighted by atomic mass is 35.5. The van der Waals surface area contributed by atoms with E-state index in [0.29, 0.717) is 16.9 Å². The molecule has 2 aliphatic carbocycles. The molecule has 0 radical (unpaired) electrons. The predicted octanol–water partition coefficient (Wildman–Crippen LogP) is 3.59. The Balaban J connectivity index is 1.48. The first-order chi connectivity index (χ1) is 18.5. The number of halogens is 2. The van der Waals surface area contributed by atoms with Crippen molar-refractivity contribution in [3.63, 3.8) is 0 Å². The maximum Gasteiger partial charge on any atom is 0.253 e. The average Bonchev–Trinajstić information content (AvgIpc) is 3.24. The largest absolute Gasteiger partial charge is 0.508 e. The van der Waals surface area contributed by atoms with E-state index in [-0.39, 0.29) is 37.0 Å². The van der Waals surface area contributed by atoms with Gasteiger partial charge in [-0.1, -0.05) is 48.0 Å². The zero-order chi connectivity index (χ0) is 27.9. The summed E-state index contributed by atoms with van der Waals surface area (Å²) >= 11 is 14.3. The van der Waals surface area contributed by atoms with E-state index in [0.717, 1.165) is 10.5 Å². The van der Waals surface area contributed by atoms with Crippen LogP contribution in [0.1, 0.15) is 29.9 Å². The second-order valence-electron chi connectivity index (χ2n) is 10.7. The molecule has 8 nitrogen and oxygen atoms in total. The minimum atomic E-state index is -1.95. The second-order valence-corrected chi connectivity index (χ2v) is 11.9. The number of allylic oxidation sites excluding steroid dienone is 2. The number of methoxy groups -OCH3 is 1. The molecule has 3 fully saturated rings. The van der Waals surface area contributed by atoms with Gasteiger partial charge in [-0.25, -0.2) is 0 Å². The molecule has 4 aliphatic rings. The Hall–Kier alpha value is -3.36. The van der Waals surface area contributed by atoms with Crippen LogP contribution in [0.5, 0.6) is 11.5 Å². The minimum Gasteiger partial charge on any atom is -0.508 e. The van der Waals surface area contributed by atoms with Crippen molar-refractivity contribution >= 4 is 46.8 Å². The Morgan fingerprint density at radius 2 is 1.72 bits per heavy atom. The first-order valence-electron chi connectivity index (χ1n) is 12.7. The highest BCUT2D eigenvalue weighted by Gasteiger charge is 2.76. The summed E-state index contributed by atoms with van der Waals surface area (Å²) in [6.07, 6.45) is 2.01. The number of alkyl halides is 2. The first kappa shape index (κ1) is 25.9. The molecule has 2 aromatic rings. The molecule has 2 heterocycles. The number of phenols is 1. The molecule has 202 valence electrons. The minimum absolute atomic E-state index is 0.0917. The van der Waals surface area contributed by atoms with Crippen molar-refractivity contribution in [2.45, 2.75) is 35.1 Å². The maximum absolute atomic E-state index is 13.9. The number of likely N-dealkylation sites (tertiary alicyclic amines) is 2. The lowest BCUT2D eigenvalue weighted by Gasteiger charge is -2.50. The first-order valence-corrected chi connectivity index (χ1v) is 13.5. The summed E-state index contributed by atoms with van der Waals surface area (Å²) in [6.45, 7) is 0.141. The highest BCUT2D eigenvalue weighted by Crippen LogP contribution is 2.66. The number of rotatable bonds is 4. The molecule has 39 heavy (non-hydrogen) atoms. The summed E-state index contributed by atoms with van der Waals surface area (Å²) < 4.78 is 5.22. The van der Waals surface area contributed by atoms with Crippen LogP contribution >= 0.6 is 23.2 Å². The molecule has 6 atom stereocenters. The summed E-state index contributed by atoms with van der Waals surface area (Å²) in [5, 5.41) is 11.0. The van der Waals surface area contributed by atoms with Crippen molar-refractivity contribution in [2.75, 3.05) is 14.2 Å². The van der Waals surface area contributed by atoms with Crippen molar-refractivity contribution in [1.82, 2.24) is 9.80 Å². The van der Waals surface area contributed by atoms with Crippen molar-refractivity contribution in [1.29, 1.82) is 0 Å². The monoisotopic (exact) mass is 568 g/mol. The number of imide groups is 2. The summed E-state index contributed by atoms with van der Waals surface area (Å²) in [4.78, 5) is 52.8. The van der Waals surface area contributed by atoms with Gasteiger partial charge in [0.25, 0.3) is 11.8 Å². The van der Waals surface area contributed by atoms with Crippen LogP contribution in [-0.4, -0.2) is 62.4 Å². The van der Waals surface area contributed by atoms with Crippen LogP contribution in [0.15, 0.2) is 60.2 Å². The van der Waals surface area contributed by atoms with E-state index in [1.54, 1.807) is 12.1 Å². The lowest BCUT2D eigenvalue weighted by molar-refractivity contribution is -0.141. The van der Waals surface area contributed by atoms with Gasteiger partial charge in [0.1, 0.15) is 11.5 Å². The Bertz CT molecular complexity index is 1460. The fourth-order valence-corrected chi connectivity index (χ4v) is 7.98. The van der Waals surface area contributed by atoms with E-state index in [1.807, 2.05) is 36.4 Å². The lowest BCUT2D eigenvalue weighted by atomic mass is 9.56. The summed E-state index contributed by atoms with van der Waals surface area (Å²) in [5.74, 6) is -4.79. The van der Waals surface area contributed by atoms with Crippen molar-refractivity contribution in [3.8, 4) is 11.5 Å². The Labute approximate surface area is 235 Å². The summed E-state index contributed by atoms with van der Waals surface area (Å²) in [5.41, 5.74) is 1.74. The van der Waals surface area contributed by atoms with Gasteiger partial charge >= 0.3 is 0 Å². The van der Waals surface area contributed by atoms with Crippen LogP contribution in [0.4, 0.5) is 0 Å². The van der Waals surface area contributed by atoms with Gasteiger partial charge in [0.05, 0.1) is 25.5 Å². The van der Waals surface area contributed by atoms with Crippen LogP contribution in [-0.2, 0) is 25.7 Å². The summed E-state index contributed by atoms with van der Waals surface area (Å²) in [7, 11) is 2.79. The molecular formula is C29H26Cl2N2O6. The third-order valence-electron chi connectivity index (χ3n) is 8.84. The molecule has 6 rings (SSSR count). The molecular weight excluding hydrogens is 543 g/mol. The van der Waals surface area contributed by atoms with Crippen LogP contribution in [0.25, 0.3) is 0 Å². The Morgan fingerprint density at radius 3 is 2.38 bits per heavy atom. The number of carbonyl (C=O) groups is 4. The zero-order valence-corrected chi connectivity index (χ0v) is 22.8. The fourth-order valence-electron chi connectivity index (χ4n) is 6.97. The van der Waals surface area contributed by atoms with Crippen LogP contribution in [0.3, 0.4) is 0 Å². The molecule has 1 N–H and O–H groups in total. The lowest BCUT2D eigenvalue weighted by Crippen LogP contribution is -2.60. The van der Waals surface area contributed by atoms with Gasteiger partial charge in [0.2, 0.25) is 11.8 Å². The van der Waals surface area contributed by atoms with E-state index >= 15 is 0 Å². The zero-order valence-electron chi connectivity index (χ0n) is 21.3. The molecule has 2 saturated heterocycles. The molecule has 1 saturated carbocycles. The number of ether oxygens (including phenoxy) is 1. The normalized spacial score (nSPS) is 33.6. The molecule has 2 aliphatic heterocycles. The molecule has 0 bridgehead atoms. The number of amides is 4. The smallest absolute Gasteiger partial charge is 0.253 e. The Kier molecular flexibility index (Phi) is 5.86. The third kappa shape index (κ3) is 3.37. The van der Waals surface area contributed by atoms with Gasteiger partial charge in [-0.15, -0.1) is 23.2 Å². The molecule has 4 amide bonds. The number of benzene rings is 2. The van der Waals surface area contributed by atoms with E-state index < -0.39 is 45.2 Å². The maximum atomic E-state index is 13.9. The fraction of sp³-hybridized carbons (Fsp3) is 0.379. The van der Waals surface area contributed by atoms with Crippen LogP contribution in [0, 0.1) is 17.8 Å². The van der Waals surface area contributed by atoms with Crippen molar-refractivity contribution in [3.05, 3.63) is 71.3 Å². The topological polar surface area (TPSA) is 104 Å². The number of carbonyl (C=O) groups excluding carboxylic acids is 4. The number of nitrogens with zero attached hydrogens (tertiary/aromatic N) is 2. The highest BCUT2D eigenvalue weighted by molar-refractivity contribution is 6.53. The van der Waals surface area contributed by atoms with Gasteiger partial charge in [-0.3, -0.25) is 29.0 Å². The van der Waals surface area contributed by atoms with Gasteiger partial charge in [-0.2, -0.15) is 0 Å². The van der Waals surface area contributed by atoms with E-state index in [9.17, 15) is 24.3 Å². The van der Waals surface area contributed by atoms with Gasteiger partial charge in [0.15, 0.2) is 9.75 Å². The SMILES string of the molecule is COc1ccc(C2C3=CCC4C(=O)N(Cc5ccccc5)C(=O)C4C3CC3(Cl)C(=O)N(C)C(=O)C23Cl)c(O)c1. The van der Waals surface area contributed by atoms with Crippen LogP contribution < -0.4 is 4.74 Å². The second kappa shape index (κ2) is 8.83.